The maximum absolute atomic E-state index is 11.7. The average Bonchev–Trinajstić information content (AvgIpc) is 2.56. The van der Waals surface area contributed by atoms with Gasteiger partial charge in [0, 0.05) is 31.9 Å². The number of aryl methyl sites for hydroxylation is 1. The van der Waals surface area contributed by atoms with E-state index in [2.05, 4.69) is 16.0 Å². The molecule has 1 aliphatic rings. The molecule has 1 saturated heterocycles. The van der Waals surface area contributed by atoms with Crippen molar-refractivity contribution in [3.63, 3.8) is 0 Å². The summed E-state index contributed by atoms with van der Waals surface area (Å²) < 4.78 is 0. The van der Waals surface area contributed by atoms with E-state index >= 15 is 0 Å². The lowest BCUT2D eigenvalue weighted by atomic mass is 10.0. The third kappa shape index (κ3) is 6.59. The van der Waals surface area contributed by atoms with Crippen LogP contribution in [0.5, 0.6) is 0 Å². The van der Waals surface area contributed by atoms with Gasteiger partial charge in [-0.3, -0.25) is 9.78 Å². The predicted octanol–water partition coefficient (Wildman–Crippen LogP) is 4.37. The van der Waals surface area contributed by atoms with Crippen LogP contribution in [0.1, 0.15) is 69.8 Å². The third-order valence-electron chi connectivity index (χ3n) is 4.54. The smallest absolute Gasteiger partial charge is 0.222 e. The first-order valence-electron chi connectivity index (χ1n) is 9.03. The maximum Gasteiger partial charge on any atom is 0.222 e. The standard InChI is InChI=1S/C19H30N2O/c22-19-13-7-9-16-21(19)15-8-5-3-1-2-4-6-11-18-12-10-14-20-17-18/h10,12,14,17H,1-9,11,13,15-16H2. The number of rotatable bonds is 10. The number of pyridine rings is 1. The highest BCUT2D eigenvalue weighted by atomic mass is 16.2. The topological polar surface area (TPSA) is 33.2 Å². The number of likely N-dealkylation sites (tertiary alicyclic amines) is 1. The van der Waals surface area contributed by atoms with Crippen molar-refractivity contribution in [2.45, 2.75) is 70.6 Å². The molecule has 0 radical (unpaired) electrons. The van der Waals surface area contributed by atoms with Crippen molar-refractivity contribution >= 4 is 5.91 Å². The Kier molecular flexibility index (Phi) is 8.00. The third-order valence-corrected chi connectivity index (χ3v) is 4.54. The monoisotopic (exact) mass is 302 g/mol. The van der Waals surface area contributed by atoms with Gasteiger partial charge in [0.25, 0.3) is 0 Å². The number of hydrogen-bond acceptors (Lipinski definition) is 2. The van der Waals surface area contributed by atoms with Crippen LogP contribution in [0.15, 0.2) is 24.5 Å². The molecule has 0 atom stereocenters. The van der Waals surface area contributed by atoms with Gasteiger partial charge in [-0.05, 0) is 43.7 Å². The molecule has 1 aromatic rings. The van der Waals surface area contributed by atoms with Crippen LogP contribution in [0.4, 0.5) is 0 Å². The molecule has 0 N–H and O–H groups in total. The largest absolute Gasteiger partial charge is 0.343 e. The van der Waals surface area contributed by atoms with Gasteiger partial charge in [0.2, 0.25) is 5.91 Å². The number of hydrogen-bond donors (Lipinski definition) is 0. The summed E-state index contributed by atoms with van der Waals surface area (Å²) in [7, 11) is 0. The van der Waals surface area contributed by atoms with Gasteiger partial charge in [-0.2, -0.15) is 0 Å². The van der Waals surface area contributed by atoms with Crippen molar-refractivity contribution in [1.82, 2.24) is 9.88 Å². The molecule has 0 unspecified atom stereocenters. The Labute approximate surface area is 135 Å². The first-order chi connectivity index (χ1) is 10.9. The highest BCUT2D eigenvalue weighted by Gasteiger charge is 2.16. The van der Waals surface area contributed by atoms with Crippen molar-refractivity contribution < 1.29 is 4.79 Å². The Hall–Kier alpha value is -1.38. The van der Waals surface area contributed by atoms with Crippen molar-refractivity contribution in [1.29, 1.82) is 0 Å². The Morgan fingerprint density at radius 2 is 1.77 bits per heavy atom. The molecular formula is C19H30N2O. The van der Waals surface area contributed by atoms with Gasteiger partial charge in [-0.1, -0.05) is 38.2 Å². The predicted molar refractivity (Wildman–Crippen MR) is 90.7 cm³/mol. The number of aromatic nitrogens is 1. The van der Waals surface area contributed by atoms with Crippen molar-refractivity contribution in [2.24, 2.45) is 0 Å². The van der Waals surface area contributed by atoms with Crippen LogP contribution in [0, 0.1) is 0 Å². The van der Waals surface area contributed by atoms with Crippen LogP contribution in [-0.2, 0) is 11.2 Å². The molecular weight excluding hydrogens is 272 g/mol. The molecule has 1 aromatic heterocycles. The van der Waals surface area contributed by atoms with Crippen molar-refractivity contribution in [3.05, 3.63) is 30.1 Å². The van der Waals surface area contributed by atoms with E-state index in [0.717, 1.165) is 32.4 Å². The number of carbonyl (C=O) groups is 1. The van der Waals surface area contributed by atoms with Gasteiger partial charge in [-0.25, -0.2) is 0 Å². The van der Waals surface area contributed by atoms with Crippen LogP contribution < -0.4 is 0 Å². The SMILES string of the molecule is O=C1CCCCN1CCCCCCCCCc1cccnc1. The van der Waals surface area contributed by atoms with Crippen LogP contribution in [0.2, 0.25) is 0 Å². The minimum absolute atomic E-state index is 0.377. The molecule has 0 aliphatic carbocycles. The molecule has 1 amide bonds. The van der Waals surface area contributed by atoms with E-state index in [0.29, 0.717) is 5.91 Å². The molecule has 3 heteroatoms. The highest BCUT2D eigenvalue weighted by Crippen LogP contribution is 2.13. The average molecular weight is 302 g/mol. The normalized spacial score (nSPS) is 15.3. The Balaban J connectivity index is 1.39. The molecule has 2 heterocycles. The molecule has 0 aromatic carbocycles. The molecule has 0 saturated carbocycles. The second-order valence-corrected chi connectivity index (χ2v) is 6.42. The van der Waals surface area contributed by atoms with Gasteiger partial charge in [0.15, 0.2) is 0 Å². The summed E-state index contributed by atoms with van der Waals surface area (Å²) in [5, 5.41) is 0. The number of unbranched alkanes of at least 4 members (excludes halogenated alkanes) is 6. The summed E-state index contributed by atoms with van der Waals surface area (Å²) in [6.45, 7) is 1.98. The van der Waals surface area contributed by atoms with Crippen LogP contribution >= 0.6 is 0 Å². The lowest BCUT2D eigenvalue weighted by molar-refractivity contribution is -0.133. The molecule has 1 aliphatic heterocycles. The molecule has 1 fully saturated rings. The summed E-state index contributed by atoms with van der Waals surface area (Å²) >= 11 is 0. The number of piperidine rings is 1. The number of nitrogens with zero attached hydrogens (tertiary/aromatic N) is 2. The van der Waals surface area contributed by atoms with E-state index < -0.39 is 0 Å². The molecule has 0 bridgehead atoms. The van der Waals surface area contributed by atoms with Gasteiger partial charge in [-0.15, -0.1) is 0 Å². The lowest BCUT2D eigenvalue weighted by Crippen LogP contribution is -2.35. The summed E-state index contributed by atoms with van der Waals surface area (Å²) in [5.41, 5.74) is 1.36. The molecule has 0 spiro atoms. The van der Waals surface area contributed by atoms with Crippen LogP contribution in [0.3, 0.4) is 0 Å². The second kappa shape index (κ2) is 10.4. The fraction of sp³-hybridized carbons (Fsp3) is 0.684. The van der Waals surface area contributed by atoms with E-state index in [1.165, 1.54) is 56.9 Å². The minimum Gasteiger partial charge on any atom is -0.343 e. The van der Waals surface area contributed by atoms with E-state index in [9.17, 15) is 4.79 Å². The van der Waals surface area contributed by atoms with Gasteiger partial charge in [0.05, 0.1) is 0 Å². The van der Waals surface area contributed by atoms with E-state index in [1.807, 2.05) is 18.5 Å². The summed E-state index contributed by atoms with van der Waals surface area (Å²) in [6, 6.07) is 4.18. The van der Waals surface area contributed by atoms with Crippen molar-refractivity contribution in [2.75, 3.05) is 13.1 Å². The lowest BCUT2D eigenvalue weighted by Gasteiger charge is -2.26. The second-order valence-electron chi connectivity index (χ2n) is 6.42. The zero-order valence-corrected chi connectivity index (χ0v) is 13.8. The van der Waals surface area contributed by atoms with Crippen LogP contribution in [-0.4, -0.2) is 28.9 Å². The first-order valence-corrected chi connectivity index (χ1v) is 9.03. The first kappa shape index (κ1) is 17.0. The van der Waals surface area contributed by atoms with Gasteiger partial charge in [0.1, 0.15) is 0 Å². The quantitative estimate of drug-likeness (QED) is 0.601. The summed E-state index contributed by atoms with van der Waals surface area (Å²) in [5.74, 6) is 0.377. The zero-order valence-electron chi connectivity index (χ0n) is 13.8. The van der Waals surface area contributed by atoms with E-state index in [4.69, 9.17) is 0 Å². The molecule has 3 nitrogen and oxygen atoms in total. The summed E-state index contributed by atoms with van der Waals surface area (Å²) in [6.07, 6.45) is 17.1. The van der Waals surface area contributed by atoms with Gasteiger partial charge < -0.3 is 4.90 Å². The zero-order chi connectivity index (χ0) is 15.5. The maximum atomic E-state index is 11.7. The Morgan fingerprint density at radius 3 is 2.50 bits per heavy atom. The van der Waals surface area contributed by atoms with E-state index in [1.54, 1.807) is 0 Å². The van der Waals surface area contributed by atoms with E-state index in [-0.39, 0.29) is 0 Å². The number of carbonyl (C=O) groups excluding carboxylic acids is 1. The van der Waals surface area contributed by atoms with Crippen LogP contribution in [0.25, 0.3) is 0 Å². The van der Waals surface area contributed by atoms with Crippen molar-refractivity contribution in [3.8, 4) is 0 Å². The fourth-order valence-electron chi connectivity index (χ4n) is 3.16. The Morgan fingerprint density at radius 1 is 1.00 bits per heavy atom. The summed E-state index contributed by atoms with van der Waals surface area (Å²) in [4.78, 5) is 17.9. The molecule has 2 rings (SSSR count). The minimum atomic E-state index is 0.377. The molecule has 122 valence electrons. The molecule has 22 heavy (non-hydrogen) atoms. The Bertz CT molecular complexity index is 419. The highest BCUT2D eigenvalue weighted by molar-refractivity contribution is 5.76. The number of amides is 1. The fourth-order valence-corrected chi connectivity index (χ4v) is 3.16. The van der Waals surface area contributed by atoms with Gasteiger partial charge >= 0.3 is 0 Å².